The fourth-order valence-corrected chi connectivity index (χ4v) is 6.22. The zero-order valence-electron chi connectivity index (χ0n) is 16.0. The van der Waals surface area contributed by atoms with E-state index in [9.17, 15) is 16.8 Å². The van der Waals surface area contributed by atoms with Crippen LogP contribution in [0.2, 0.25) is 0 Å². The van der Waals surface area contributed by atoms with Crippen molar-refractivity contribution < 1.29 is 26.1 Å². The summed E-state index contributed by atoms with van der Waals surface area (Å²) in [4.78, 5) is 0.0644. The average molecular weight is 430 g/mol. The third-order valence-corrected chi connectivity index (χ3v) is 7.84. The van der Waals surface area contributed by atoms with E-state index in [1.165, 1.54) is 42.4 Å². The van der Waals surface area contributed by atoms with Gasteiger partial charge in [0.15, 0.2) is 10.7 Å². The minimum atomic E-state index is -3.90. The lowest BCUT2D eigenvalue weighted by atomic mass is 10.3. The summed E-state index contributed by atoms with van der Waals surface area (Å²) in [6.45, 7) is 7.23. The minimum absolute atomic E-state index is 0.0273. The van der Waals surface area contributed by atoms with E-state index in [4.69, 9.17) is 9.26 Å². The van der Waals surface area contributed by atoms with Crippen LogP contribution in [0.4, 0.5) is 5.69 Å². The lowest BCUT2D eigenvalue weighted by molar-refractivity contribution is -0.0440. The number of rotatable bonds is 5. The normalized spacial score (nSPS) is 21.6. The van der Waals surface area contributed by atoms with Gasteiger partial charge in [-0.3, -0.25) is 4.72 Å². The summed E-state index contributed by atoms with van der Waals surface area (Å²) in [7, 11) is -7.59. The van der Waals surface area contributed by atoms with E-state index in [2.05, 4.69) is 9.88 Å². The van der Waals surface area contributed by atoms with E-state index >= 15 is 0 Å². The number of sulfonamides is 2. The molecule has 0 aliphatic carbocycles. The van der Waals surface area contributed by atoms with Crippen molar-refractivity contribution in [1.82, 2.24) is 9.46 Å². The highest BCUT2D eigenvalue weighted by atomic mass is 32.2. The number of morpholine rings is 1. The van der Waals surface area contributed by atoms with Crippen LogP contribution in [0.5, 0.6) is 0 Å². The van der Waals surface area contributed by atoms with E-state index in [1.807, 2.05) is 13.8 Å². The minimum Gasteiger partial charge on any atom is -0.373 e. The molecule has 3 rings (SSSR count). The Balaban J connectivity index is 1.82. The Hall–Kier alpha value is -1.95. The SMILES string of the molecule is Cc1noc(C)c1S(=O)(=O)Nc1ccc(S(=O)(=O)N2CC(C)OC(C)C2)cc1. The standard InChI is InChI=1S/C17H23N3O6S2/c1-11-9-20(10-12(2)25-11)28(23,24)16-7-5-15(6-8-16)19-27(21,22)17-13(3)18-26-14(17)4/h5-8,11-12,19H,9-10H2,1-4H3. The Kier molecular flexibility index (Phi) is 5.54. The van der Waals surface area contributed by atoms with Crippen molar-refractivity contribution in [2.45, 2.75) is 49.7 Å². The topological polar surface area (TPSA) is 119 Å². The second-order valence-corrected chi connectivity index (χ2v) is 10.4. The molecule has 1 saturated heterocycles. The van der Waals surface area contributed by atoms with Crippen LogP contribution >= 0.6 is 0 Å². The summed E-state index contributed by atoms with van der Waals surface area (Å²) in [5.74, 6) is 0.180. The number of ether oxygens (including phenoxy) is 1. The molecule has 28 heavy (non-hydrogen) atoms. The monoisotopic (exact) mass is 429 g/mol. The van der Waals surface area contributed by atoms with Gasteiger partial charge in [-0.15, -0.1) is 0 Å². The van der Waals surface area contributed by atoms with E-state index in [1.54, 1.807) is 0 Å². The van der Waals surface area contributed by atoms with E-state index in [0.29, 0.717) is 0 Å². The van der Waals surface area contributed by atoms with Crippen molar-refractivity contribution in [3.8, 4) is 0 Å². The number of nitrogens with one attached hydrogen (secondary N) is 1. The van der Waals surface area contributed by atoms with Gasteiger partial charge in [-0.2, -0.15) is 4.31 Å². The van der Waals surface area contributed by atoms with Crippen molar-refractivity contribution in [2.75, 3.05) is 17.8 Å². The van der Waals surface area contributed by atoms with Crippen molar-refractivity contribution in [3.63, 3.8) is 0 Å². The molecule has 0 bridgehead atoms. The van der Waals surface area contributed by atoms with Crippen LogP contribution in [-0.2, 0) is 24.8 Å². The molecule has 2 atom stereocenters. The summed E-state index contributed by atoms with van der Waals surface area (Å²) in [5.41, 5.74) is 0.488. The van der Waals surface area contributed by atoms with Crippen LogP contribution in [0.25, 0.3) is 0 Å². The molecule has 2 aromatic rings. The Labute approximate surface area is 164 Å². The molecule has 2 unspecified atom stereocenters. The molecule has 1 fully saturated rings. The molecule has 0 amide bonds. The van der Waals surface area contributed by atoms with E-state index < -0.39 is 20.0 Å². The zero-order valence-corrected chi connectivity index (χ0v) is 17.7. The first-order valence-corrected chi connectivity index (χ1v) is 11.6. The van der Waals surface area contributed by atoms with Crippen LogP contribution in [-0.4, -0.2) is 51.6 Å². The number of aryl methyl sites for hydroxylation is 2. The summed E-state index contributed by atoms with van der Waals surface area (Å²) < 4.78 is 65.1. The highest BCUT2D eigenvalue weighted by molar-refractivity contribution is 7.92. The number of anilines is 1. The molecule has 1 aromatic heterocycles. The molecule has 2 heterocycles. The van der Waals surface area contributed by atoms with Gasteiger partial charge >= 0.3 is 0 Å². The summed E-state index contributed by atoms with van der Waals surface area (Å²) in [5, 5.41) is 3.65. The predicted octanol–water partition coefficient (Wildman–Crippen LogP) is 1.89. The summed E-state index contributed by atoms with van der Waals surface area (Å²) in [6, 6.07) is 5.59. The van der Waals surface area contributed by atoms with Gasteiger partial charge in [0.25, 0.3) is 10.0 Å². The van der Waals surface area contributed by atoms with Gasteiger partial charge in [0, 0.05) is 18.8 Å². The van der Waals surface area contributed by atoms with Crippen LogP contribution < -0.4 is 4.72 Å². The van der Waals surface area contributed by atoms with Crippen LogP contribution in [0.3, 0.4) is 0 Å². The quantitative estimate of drug-likeness (QED) is 0.771. The first-order valence-electron chi connectivity index (χ1n) is 8.72. The number of benzene rings is 1. The van der Waals surface area contributed by atoms with Gasteiger partial charge in [-0.25, -0.2) is 16.8 Å². The molecule has 1 N–H and O–H groups in total. The summed E-state index contributed by atoms with van der Waals surface area (Å²) >= 11 is 0. The molecule has 1 aliphatic rings. The van der Waals surface area contributed by atoms with Gasteiger partial charge in [0.1, 0.15) is 5.69 Å². The Bertz CT molecular complexity index is 1030. The molecule has 11 heteroatoms. The molecular formula is C17H23N3O6S2. The van der Waals surface area contributed by atoms with Gasteiger partial charge in [-0.1, -0.05) is 5.16 Å². The van der Waals surface area contributed by atoms with Crippen LogP contribution in [0, 0.1) is 13.8 Å². The predicted molar refractivity (Wildman–Crippen MR) is 102 cm³/mol. The molecule has 154 valence electrons. The number of hydrogen-bond donors (Lipinski definition) is 1. The first-order chi connectivity index (χ1) is 13.0. The second kappa shape index (κ2) is 7.47. The highest BCUT2D eigenvalue weighted by Gasteiger charge is 2.32. The molecule has 9 nitrogen and oxygen atoms in total. The lowest BCUT2D eigenvalue weighted by Gasteiger charge is -2.34. The molecule has 1 aromatic carbocycles. The zero-order chi connectivity index (χ0) is 20.7. The van der Waals surface area contributed by atoms with Crippen molar-refractivity contribution in [3.05, 3.63) is 35.7 Å². The maximum absolute atomic E-state index is 12.9. The molecule has 0 saturated carbocycles. The van der Waals surface area contributed by atoms with Gasteiger partial charge in [0.05, 0.1) is 17.1 Å². The summed E-state index contributed by atoms with van der Waals surface area (Å²) in [6.07, 6.45) is -0.390. The molecule has 0 radical (unpaired) electrons. The van der Waals surface area contributed by atoms with Gasteiger partial charge in [0.2, 0.25) is 10.0 Å². The van der Waals surface area contributed by atoms with Crippen LogP contribution in [0.15, 0.2) is 38.6 Å². The third kappa shape index (κ3) is 4.07. The smallest absolute Gasteiger partial charge is 0.267 e. The third-order valence-electron chi connectivity index (χ3n) is 4.37. The maximum Gasteiger partial charge on any atom is 0.267 e. The van der Waals surface area contributed by atoms with Crippen molar-refractivity contribution in [2.24, 2.45) is 0 Å². The number of nitrogens with zero attached hydrogens (tertiary/aromatic N) is 2. The number of hydrogen-bond acceptors (Lipinski definition) is 7. The fourth-order valence-electron chi connectivity index (χ4n) is 3.24. The van der Waals surface area contributed by atoms with Gasteiger partial charge in [-0.05, 0) is 52.0 Å². The molecular weight excluding hydrogens is 406 g/mol. The van der Waals surface area contributed by atoms with E-state index in [-0.39, 0.29) is 52.2 Å². The second-order valence-electron chi connectivity index (χ2n) is 6.86. The van der Waals surface area contributed by atoms with Gasteiger partial charge < -0.3 is 9.26 Å². The van der Waals surface area contributed by atoms with Crippen LogP contribution in [0.1, 0.15) is 25.3 Å². The Morgan fingerprint density at radius 2 is 1.61 bits per heavy atom. The first kappa shape index (κ1) is 20.8. The average Bonchev–Trinajstić information content (AvgIpc) is 2.93. The van der Waals surface area contributed by atoms with E-state index in [0.717, 1.165) is 0 Å². The van der Waals surface area contributed by atoms with Crippen molar-refractivity contribution in [1.29, 1.82) is 0 Å². The Morgan fingerprint density at radius 1 is 1.04 bits per heavy atom. The highest BCUT2D eigenvalue weighted by Crippen LogP contribution is 2.25. The molecule has 0 spiro atoms. The number of aromatic nitrogens is 1. The maximum atomic E-state index is 12.9. The Morgan fingerprint density at radius 3 is 2.11 bits per heavy atom. The largest absolute Gasteiger partial charge is 0.373 e. The lowest BCUT2D eigenvalue weighted by Crippen LogP contribution is -2.48. The van der Waals surface area contributed by atoms with Crippen molar-refractivity contribution >= 4 is 25.7 Å². The fraction of sp³-hybridized carbons (Fsp3) is 0.471. The molecule has 1 aliphatic heterocycles.